The Hall–Kier alpha value is -2.84. The number of nitrogens with zero attached hydrogens (tertiary/aromatic N) is 3. The molecule has 3 heterocycles. The second-order valence-corrected chi connectivity index (χ2v) is 7.44. The average molecular weight is 381 g/mol. The Morgan fingerprint density at radius 1 is 1.31 bits per heavy atom. The highest BCUT2D eigenvalue weighted by molar-refractivity contribution is 7.20. The molecule has 0 spiro atoms. The molecular formula is C18H15N5OS2. The number of aromatic nitrogens is 2. The summed E-state index contributed by atoms with van der Waals surface area (Å²) in [5.41, 5.74) is 4.27. The number of hydrogen-bond acceptors (Lipinski definition) is 7. The number of rotatable bonds is 5. The summed E-state index contributed by atoms with van der Waals surface area (Å²) in [6.45, 7) is 2.82. The number of hydrogen-bond donors (Lipinski definition) is 2. The monoisotopic (exact) mass is 381 g/mol. The van der Waals surface area contributed by atoms with Crippen molar-refractivity contribution in [1.29, 1.82) is 5.41 Å². The number of carbonyl (C=O) groups is 1. The maximum absolute atomic E-state index is 13.0. The first-order valence-electron chi connectivity index (χ1n) is 8.01. The molecule has 4 aromatic rings. The Morgan fingerprint density at radius 3 is 3.00 bits per heavy atom. The molecule has 0 saturated heterocycles. The second kappa shape index (κ2) is 6.81. The average Bonchev–Trinajstić information content (AvgIpc) is 3.29. The number of thiophene rings is 1. The van der Waals surface area contributed by atoms with E-state index >= 15 is 0 Å². The molecule has 0 radical (unpaired) electrons. The van der Waals surface area contributed by atoms with Crippen molar-refractivity contribution in [2.75, 3.05) is 16.8 Å². The van der Waals surface area contributed by atoms with Crippen LogP contribution in [0.2, 0.25) is 0 Å². The van der Waals surface area contributed by atoms with Crippen molar-refractivity contribution in [3.05, 3.63) is 46.9 Å². The third-order valence-corrected chi connectivity index (χ3v) is 5.78. The van der Waals surface area contributed by atoms with E-state index in [-0.39, 0.29) is 5.91 Å². The minimum absolute atomic E-state index is 0.241. The molecule has 1 aromatic carbocycles. The van der Waals surface area contributed by atoms with E-state index < -0.39 is 0 Å². The summed E-state index contributed by atoms with van der Waals surface area (Å²) in [6.07, 6.45) is 2.78. The van der Waals surface area contributed by atoms with Crippen LogP contribution in [0.1, 0.15) is 16.6 Å². The van der Waals surface area contributed by atoms with E-state index in [0.29, 0.717) is 10.6 Å². The van der Waals surface area contributed by atoms with Gasteiger partial charge in [0.1, 0.15) is 4.83 Å². The molecule has 0 bridgehead atoms. The predicted molar refractivity (Wildman–Crippen MR) is 109 cm³/mol. The zero-order valence-corrected chi connectivity index (χ0v) is 15.5. The molecule has 0 atom stereocenters. The van der Waals surface area contributed by atoms with Crippen LogP contribution in [0, 0.1) is 5.41 Å². The SMILES string of the molecule is CCNc1ccnc2sc(C(=O)N(C=N)c3ccc4ncsc4c3)cc12. The molecule has 0 aliphatic heterocycles. The quantitative estimate of drug-likeness (QED) is 0.391. The predicted octanol–water partition coefficient (Wildman–Crippen LogP) is 4.59. The van der Waals surface area contributed by atoms with E-state index in [2.05, 4.69) is 15.3 Å². The molecular weight excluding hydrogens is 366 g/mol. The Balaban J connectivity index is 1.73. The van der Waals surface area contributed by atoms with Crippen LogP contribution in [0.5, 0.6) is 0 Å². The van der Waals surface area contributed by atoms with Crippen LogP contribution in [0.25, 0.3) is 20.4 Å². The minimum atomic E-state index is -0.241. The molecule has 1 amide bonds. The van der Waals surface area contributed by atoms with Crippen molar-refractivity contribution in [1.82, 2.24) is 9.97 Å². The zero-order chi connectivity index (χ0) is 18.1. The number of amides is 1. The molecule has 4 rings (SSSR count). The Kier molecular flexibility index (Phi) is 4.36. The summed E-state index contributed by atoms with van der Waals surface area (Å²) in [6, 6.07) is 9.29. The third-order valence-electron chi connectivity index (χ3n) is 3.95. The summed E-state index contributed by atoms with van der Waals surface area (Å²) in [5, 5.41) is 11.9. The normalized spacial score (nSPS) is 11.0. The number of carbonyl (C=O) groups excluding carboxylic acids is 1. The number of anilines is 2. The van der Waals surface area contributed by atoms with Crippen LogP contribution >= 0.6 is 22.7 Å². The molecule has 6 nitrogen and oxygen atoms in total. The highest BCUT2D eigenvalue weighted by atomic mass is 32.1. The fourth-order valence-corrected chi connectivity index (χ4v) is 4.43. The number of fused-ring (bicyclic) bond motifs is 2. The van der Waals surface area contributed by atoms with Crippen molar-refractivity contribution >= 4 is 66.7 Å². The van der Waals surface area contributed by atoms with Gasteiger partial charge in [-0.25, -0.2) is 9.97 Å². The first-order valence-corrected chi connectivity index (χ1v) is 9.70. The van der Waals surface area contributed by atoms with Crippen LogP contribution < -0.4 is 10.2 Å². The van der Waals surface area contributed by atoms with Crippen molar-refractivity contribution < 1.29 is 4.79 Å². The van der Waals surface area contributed by atoms with Gasteiger partial charge in [-0.1, -0.05) is 0 Å². The Bertz CT molecular complexity index is 1120. The topological polar surface area (TPSA) is 82.0 Å². The molecule has 130 valence electrons. The fraction of sp³-hybridized carbons (Fsp3) is 0.111. The summed E-state index contributed by atoms with van der Waals surface area (Å²) in [5.74, 6) is -0.241. The third kappa shape index (κ3) is 2.83. The van der Waals surface area contributed by atoms with Crippen molar-refractivity contribution in [2.24, 2.45) is 0 Å². The van der Waals surface area contributed by atoms with E-state index in [1.807, 2.05) is 31.2 Å². The standard InChI is InChI=1S/C18H15N5OS2/c1-2-20-13-5-6-21-17-12(13)8-16(26-17)18(24)23(9-19)11-3-4-14-15(7-11)25-10-22-14/h3-10,19H,2H2,1H3,(H,20,21). The molecule has 0 aliphatic rings. The Labute approximate surface area is 157 Å². The van der Waals surface area contributed by atoms with Crippen LogP contribution in [-0.4, -0.2) is 28.8 Å². The molecule has 0 unspecified atom stereocenters. The highest BCUT2D eigenvalue weighted by Crippen LogP contribution is 2.31. The maximum atomic E-state index is 13.0. The number of benzene rings is 1. The van der Waals surface area contributed by atoms with E-state index in [1.54, 1.807) is 17.8 Å². The largest absolute Gasteiger partial charge is 0.385 e. The van der Waals surface area contributed by atoms with Gasteiger partial charge < -0.3 is 5.32 Å². The molecule has 26 heavy (non-hydrogen) atoms. The smallest absolute Gasteiger partial charge is 0.273 e. The van der Waals surface area contributed by atoms with Gasteiger partial charge in [0.2, 0.25) is 0 Å². The van der Waals surface area contributed by atoms with E-state index in [4.69, 9.17) is 5.41 Å². The van der Waals surface area contributed by atoms with Gasteiger partial charge in [-0.15, -0.1) is 22.7 Å². The zero-order valence-electron chi connectivity index (χ0n) is 13.9. The minimum Gasteiger partial charge on any atom is -0.385 e. The lowest BCUT2D eigenvalue weighted by molar-refractivity contribution is 0.101. The fourth-order valence-electron chi connectivity index (χ4n) is 2.75. The van der Waals surface area contributed by atoms with Gasteiger partial charge in [-0.3, -0.25) is 15.1 Å². The summed E-state index contributed by atoms with van der Waals surface area (Å²) < 4.78 is 0.981. The van der Waals surface area contributed by atoms with Gasteiger partial charge in [-0.2, -0.15) is 0 Å². The number of thiazole rings is 1. The number of nitrogens with one attached hydrogen (secondary N) is 2. The van der Waals surface area contributed by atoms with E-state index in [1.165, 1.54) is 27.6 Å². The van der Waals surface area contributed by atoms with Gasteiger partial charge in [0, 0.05) is 23.8 Å². The van der Waals surface area contributed by atoms with Crippen LogP contribution in [0.15, 0.2) is 42.0 Å². The first kappa shape index (κ1) is 16.6. The lowest BCUT2D eigenvalue weighted by atomic mass is 10.2. The first-order chi connectivity index (χ1) is 12.7. The van der Waals surface area contributed by atoms with Crippen molar-refractivity contribution in [2.45, 2.75) is 6.92 Å². The molecule has 3 aromatic heterocycles. The molecule has 2 N–H and O–H groups in total. The summed E-state index contributed by atoms with van der Waals surface area (Å²) in [4.78, 5) is 24.3. The summed E-state index contributed by atoms with van der Waals surface area (Å²) in [7, 11) is 0. The maximum Gasteiger partial charge on any atom is 0.273 e. The molecule has 0 fully saturated rings. The lowest BCUT2D eigenvalue weighted by Gasteiger charge is -2.16. The molecule has 8 heteroatoms. The van der Waals surface area contributed by atoms with Crippen LogP contribution in [0.4, 0.5) is 11.4 Å². The van der Waals surface area contributed by atoms with Gasteiger partial charge in [-0.05, 0) is 37.3 Å². The summed E-state index contributed by atoms with van der Waals surface area (Å²) >= 11 is 2.84. The van der Waals surface area contributed by atoms with Gasteiger partial charge >= 0.3 is 0 Å². The van der Waals surface area contributed by atoms with Gasteiger partial charge in [0.15, 0.2) is 0 Å². The van der Waals surface area contributed by atoms with Crippen LogP contribution in [-0.2, 0) is 0 Å². The highest BCUT2D eigenvalue weighted by Gasteiger charge is 2.20. The van der Waals surface area contributed by atoms with Crippen molar-refractivity contribution in [3.63, 3.8) is 0 Å². The van der Waals surface area contributed by atoms with E-state index in [0.717, 1.165) is 39.0 Å². The Morgan fingerprint density at radius 2 is 2.19 bits per heavy atom. The second-order valence-electron chi connectivity index (χ2n) is 5.53. The van der Waals surface area contributed by atoms with Gasteiger partial charge in [0.25, 0.3) is 5.91 Å². The lowest BCUT2D eigenvalue weighted by Crippen LogP contribution is -2.28. The van der Waals surface area contributed by atoms with Crippen molar-refractivity contribution in [3.8, 4) is 0 Å². The molecule has 0 aliphatic carbocycles. The number of pyridine rings is 1. The molecule has 0 saturated carbocycles. The van der Waals surface area contributed by atoms with Crippen LogP contribution in [0.3, 0.4) is 0 Å². The van der Waals surface area contributed by atoms with E-state index in [9.17, 15) is 4.79 Å². The van der Waals surface area contributed by atoms with Gasteiger partial charge in [0.05, 0.1) is 32.6 Å².